The Kier molecular flexibility index (Phi) is 4.79. The first kappa shape index (κ1) is 15.5. The molecular formula is C14H18Br2O2S. The van der Waals surface area contributed by atoms with Gasteiger partial charge in [0, 0.05) is 16.1 Å². The monoisotopic (exact) mass is 408 g/mol. The van der Waals surface area contributed by atoms with E-state index >= 15 is 0 Å². The van der Waals surface area contributed by atoms with Crippen molar-refractivity contribution in [2.45, 2.75) is 18.8 Å². The summed E-state index contributed by atoms with van der Waals surface area (Å²) in [6.07, 6.45) is 0.757. The zero-order valence-corrected chi connectivity index (χ0v) is 14.9. The highest BCUT2D eigenvalue weighted by atomic mass is 79.9. The average Bonchev–Trinajstić information content (AvgIpc) is 2.73. The molecule has 1 aliphatic rings. The molecule has 0 aromatic heterocycles. The van der Waals surface area contributed by atoms with Gasteiger partial charge in [0.1, 0.15) is 0 Å². The van der Waals surface area contributed by atoms with Gasteiger partial charge in [-0.05, 0) is 24.8 Å². The molecule has 1 aromatic carbocycles. The maximum Gasteiger partial charge on any atom is 0.150 e. The van der Waals surface area contributed by atoms with Crippen molar-refractivity contribution in [1.29, 1.82) is 0 Å². The smallest absolute Gasteiger partial charge is 0.150 e. The summed E-state index contributed by atoms with van der Waals surface area (Å²) >= 11 is 7.23. The molecule has 5 heteroatoms. The zero-order chi connectivity index (χ0) is 14.1. The van der Waals surface area contributed by atoms with Gasteiger partial charge in [0.05, 0.1) is 11.5 Å². The molecule has 1 saturated heterocycles. The van der Waals surface area contributed by atoms with E-state index in [9.17, 15) is 8.42 Å². The molecule has 0 aliphatic carbocycles. The third-order valence-electron chi connectivity index (χ3n) is 4.08. The van der Waals surface area contributed by atoms with Crippen molar-refractivity contribution in [3.05, 3.63) is 35.4 Å². The second-order valence-electron chi connectivity index (χ2n) is 5.39. The van der Waals surface area contributed by atoms with Crippen LogP contribution in [0.2, 0.25) is 0 Å². The number of halogens is 2. The van der Waals surface area contributed by atoms with Crippen LogP contribution in [0.5, 0.6) is 0 Å². The van der Waals surface area contributed by atoms with Gasteiger partial charge in [0.2, 0.25) is 0 Å². The number of hydrogen-bond acceptors (Lipinski definition) is 2. The highest BCUT2D eigenvalue weighted by Gasteiger charge is 2.44. The summed E-state index contributed by atoms with van der Waals surface area (Å²) in [4.78, 5) is 0. The first-order valence-corrected chi connectivity index (χ1v) is 10.4. The second kappa shape index (κ2) is 5.86. The quantitative estimate of drug-likeness (QED) is 0.713. The van der Waals surface area contributed by atoms with Crippen molar-refractivity contribution in [3.63, 3.8) is 0 Å². The van der Waals surface area contributed by atoms with Crippen LogP contribution in [0.1, 0.15) is 17.5 Å². The molecule has 0 saturated carbocycles. The molecule has 1 atom stereocenters. The SMILES string of the molecule is Cc1cccc(C(CBr)(CBr)C2CCS(=O)(=O)C2)c1. The number of sulfone groups is 1. The summed E-state index contributed by atoms with van der Waals surface area (Å²) in [5.41, 5.74) is 2.29. The lowest BCUT2D eigenvalue weighted by Gasteiger charge is -2.36. The van der Waals surface area contributed by atoms with Gasteiger partial charge in [-0.2, -0.15) is 0 Å². The molecular weight excluding hydrogens is 392 g/mol. The fourth-order valence-corrected chi connectivity index (χ4v) is 7.23. The summed E-state index contributed by atoms with van der Waals surface area (Å²) in [5.74, 6) is 0.807. The van der Waals surface area contributed by atoms with Crippen molar-refractivity contribution in [2.24, 2.45) is 5.92 Å². The Balaban J connectivity index is 2.43. The van der Waals surface area contributed by atoms with Crippen LogP contribution in [0, 0.1) is 12.8 Å². The van der Waals surface area contributed by atoms with E-state index in [4.69, 9.17) is 0 Å². The van der Waals surface area contributed by atoms with Gasteiger partial charge in [0.15, 0.2) is 9.84 Å². The number of rotatable bonds is 4. The molecule has 0 amide bonds. The first-order chi connectivity index (χ1) is 8.93. The lowest BCUT2D eigenvalue weighted by Crippen LogP contribution is -2.39. The van der Waals surface area contributed by atoms with Crippen LogP contribution < -0.4 is 0 Å². The van der Waals surface area contributed by atoms with Crippen LogP contribution in [-0.2, 0) is 15.3 Å². The molecule has 0 bridgehead atoms. The minimum absolute atomic E-state index is 0.143. The van der Waals surface area contributed by atoms with Crippen molar-refractivity contribution < 1.29 is 8.42 Å². The fraction of sp³-hybridized carbons (Fsp3) is 0.571. The third-order valence-corrected chi connectivity index (χ3v) is 7.85. The third kappa shape index (κ3) is 3.08. The lowest BCUT2D eigenvalue weighted by molar-refractivity contribution is 0.369. The van der Waals surface area contributed by atoms with E-state index in [0.29, 0.717) is 11.5 Å². The Hall–Kier alpha value is 0.130. The van der Waals surface area contributed by atoms with E-state index in [-0.39, 0.29) is 11.3 Å². The average molecular weight is 410 g/mol. The maximum absolute atomic E-state index is 11.8. The normalized spacial score (nSPS) is 22.6. The minimum Gasteiger partial charge on any atom is -0.229 e. The summed E-state index contributed by atoms with van der Waals surface area (Å²) in [6.45, 7) is 2.07. The Labute approximate surface area is 132 Å². The van der Waals surface area contributed by atoms with Gasteiger partial charge in [-0.25, -0.2) is 8.42 Å². The molecule has 1 heterocycles. The Morgan fingerprint density at radius 3 is 2.47 bits per heavy atom. The van der Waals surface area contributed by atoms with E-state index in [1.165, 1.54) is 11.1 Å². The maximum atomic E-state index is 11.8. The van der Waals surface area contributed by atoms with Crippen molar-refractivity contribution in [2.75, 3.05) is 22.2 Å². The fourth-order valence-electron chi connectivity index (χ4n) is 2.83. The molecule has 2 rings (SSSR count). The van der Waals surface area contributed by atoms with Gasteiger partial charge >= 0.3 is 0 Å². The summed E-state index contributed by atoms with van der Waals surface area (Å²) < 4.78 is 23.6. The predicted octanol–water partition coefficient (Wildman–Crippen LogP) is 3.46. The predicted molar refractivity (Wildman–Crippen MR) is 87.2 cm³/mol. The summed E-state index contributed by atoms with van der Waals surface area (Å²) in [7, 11) is -2.86. The molecule has 1 aromatic rings. The molecule has 1 fully saturated rings. The molecule has 0 N–H and O–H groups in total. The molecule has 19 heavy (non-hydrogen) atoms. The highest BCUT2D eigenvalue weighted by molar-refractivity contribution is 9.09. The zero-order valence-electron chi connectivity index (χ0n) is 10.9. The van der Waals surface area contributed by atoms with Crippen LogP contribution in [0.4, 0.5) is 0 Å². The van der Waals surface area contributed by atoms with Crippen molar-refractivity contribution in [1.82, 2.24) is 0 Å². The van der Waals surface area contributed by atoms with Crippen LogP contribution in [0.15, 0.2) is 24.3 Å². The Morgan fingerprint density at radius 2 is 2.00 bits per heavy atom. The standard InChI is InChI=1S/C14H18Br2O2S/c1-11-3-2-4-12(7-11)14(9-15,10-16)13-5-6-19(17,18)8-13/h2-4,7,13H,5-6,8-10H2,1H3. The van der Waals surface area contributed by atoms with Gasteiger partial charge < -0.3 is 0 Å². The summed E-state index contributed by atoms with van der Waals surface area (Å²) in [6, 6.07) is 8.41. The van der Waals surface area contributed by atoms with Crippen LogP contribution in [-0.4, -0.2) is 30.6 Å². The first-order valence-electron chi connectivity index (χ1n) is 6.33. The van der Waals surface area contributed by atoms with Crippen LogP contribution >= 0.6 is 31.9 Å². The number of aryl methyl sites for hydroxylation is 1. The van der Waals surface area contributed by atoms with Crippen molar-refractivity contribution >= 4 is 41.7 Å². The van der Waals surface area contributed by atoms with Crippen LogP contribution in [0.25, 0.3) is 0 Å². The summed E-state index contributed by atoms with van der Waals surface area (Å²) in [5, 5.41) is 1.55. The highest BCUT2D eigenvalue weighted by Crippen LogP contribution is 2.42. The Morgan fingerprint density at radius 1 is 1.32 bits per heavy atom. The molecule has 0 spiro atoms. The number of benzene rings is 1. The van der Waals surface area contributed by atoms with E-state index in [0.717, 1.165) is 17.1 Å². The molecule has 1 aliphatic heterocycles. The largest absolute Gasteiger partial charge is 0.229 e. The van der Waals surface area contributed by atoms with Gasteiger partial charge in [0.25, 0.3) is 0 Å². The van der Waals surface area contributed by atoms with Gasteiger partial charge in [-0.15, -0.1) is 0 Å². The lowest BCUT2D eigenvalue weighted by atomic mass is 9.73. The molecule has 0 radical (unpaired) electrons. The van der Waals surface area contributed by atoms with E-state index in [1.54, 1.807) is 0 Å². The topological polar surface area (TPSA) is 34.1 Å². The van der Waals surface area contributed by atoms with Crippen LogP contribution in [0.3, 0.4) is 0 Å². The van der Waals surface area contributed by atoms with Crippen molar-refractivity contribution in [3.8, 4) is 0 Å². The van der Waals surface area contributed by atoms with Gasteiger partial charge in [-0.3, -0.25) is 0 Å². The van der Waals surface area contributed by atoms with Gasteiger partial charge in [-0.1, -0.05) is 61.7 Å². The number of alkyl halides is 2. The second-order valence-corrected chi connectivity index (χ2v) is 8.74. The van der Waals surface area contributed by atoms with E-state index in [1.807, 2.05) is 6.07 Å². The van der Waals surface area contributed by atoms with E-state index in [2.05, 4.69) is 57.0 Å². The molecule has 1 unspecified atom stereocenters. The van der Waals surface area contributed by atoms with E-state index < -0.39 is 9.84 Å². The minimum atomic E-state index is -2.86. The number of hydrogen-bond donors (Lipinski definition) is 0. The molecule has 2 nitrogen and oxygen atoms in total. The Bertz CT molecular complexity index is 550. The molecule has 106 valence electrons.